The number of guanidine groups is 1. The molecule has 0 aliphatic carbocycles. The first kappa shape index (κ1) is 18.3. The van der Waals surface area contributed by atoms with Crippen LogP contribution in [-0.2, 0) is 6.54 Å². The van der Waals surface area contributed by atoms with E-state index in [1.54, 1.807) is 19.2 Å². The highest BCUT2D eigenvalue weighted by Gasteiger charge is 2.07. The lowest BCUT2D eigenvalue weighted by atomic mass is 10.1. The standard InChI is InChI=1S/C19H24N4O2/c1-21-19(22-14-15-7-6-8-16(13-15)18(20)24)23(2)11-12-25-17-9-4-3-5-10-17/h3-10,13H,11-12,14H2,1-2H3,(H2,20,24)(H,21,22). The Kier molecular flexibility index (Phi) is 6.83. The molecule has 0 saturated carbocycles. The normalized spacial score (nSPS) is 11.0. The van der Waals surface area contributed by atoms with Gasteiger partial charge in [0.05, 0.1) is 6.54 Å². The van der Waals surface area contributed by atoms with Crippen molar-refractivity contribution in [3.05, 3.63) is 65.7 Å². The van der Waals surface area contributed by atoms with Gasteiger partial charge in [-0.05, 0) is 29.8 Å². The predicted octanol–water partition coefficient (Wildman–Crippen LogP) is 1.87. The van der Waals surface area contributed by atoms with Crippen LogP contribution >= 0.6 is 0 Å². The second-order valence-corrected chi connectivity index (χ2v) is 5.55. The maximum Gasteiger partial charge on any atom is 0.248 e. The van der Waals surface area contributed by atoms with E-state index >= 15 is 0 Å². The first-order valence-electron chi connectivity index (χ1n) is 8.08. The highest BCUT2D eigenvalue weighted by molar-refractivity contribution is 5.92. The predicted molar refractivity (Wildman–Crippen MR) is 99.7 cm³/mol. The molecule has 2 aromatic carbocycles. The fraction of sp³-hybridized carbons (Fsp3) is 0.263. The van der Waals surface area contributed by atoms with Crippen molar-refractivity contribution in [1.82, 2.24) is 10.2 Å². The van der Waals surface area contributed by atoms with Crippen molar-refractivity contribution in [3.63, 3.8) is 0 Å². The van der Waals surface area contributed by atoms with Gasteiger partial charge in [-0.2, -0.15) is 0 Å². The van der Waals surface area contributed by atoms with E-state index in [0.717, 1.165) is 17.3 Å². The summed E-state index contributed by atoms with van der Waals surface area (Å²) in [5, 5.41) is 3.27. The third-order valence-electron chi connectivity index (χ3n) is 3.67. The Labute approximate surface area is 148 Å². The Morgan fingerprint density at radius 1 is 1.20 bits per heavy atom. The van der Waals surface area contributed by atoms with Crippen molar-refractivity contribution < 1.29 is 9.53 Å². The lowest BCUT2D eigenvalue weighted by molar-refractivity contribution is 0.1000. The number of rotatable bonds is 7. The zero-order chi connectivity index (χ0) is 18.1. The van der Waals surface area contributed by atoms with Gasteiger partial charge in [-0.1, -0.05) is 30.3 Å². The summed E-state index contributed by atoms with van der Waals surface area (Å²) < 4.78 is 5.70. The number of nitrogens with zero attached hydrogens (tertiary/aromatic N) is 2. The molecule has 0 aliphatic rings. The van der Waals surface area contributed by atoms with Gasteiger partial charge in [-0.15, -0.1) is 0 Å². The maximum absolute atomic E-state index is 11.2. The fourth-order valence-electron chi connectivity index (χ4n) is 2.32. The fourth-order valence-corrected chi connectivity index (χ4v) is 2.32. The summed E-state index contributed by atoms with van der Waals surface area (Å²) in [5.74, 6) is 1.17. The third-order valence-corrected chi connectivity index (χ3v) is 3.67. The van der Waals surface area contributed by atoms with E-state index in [0.29, 0.717) is 25.3 Å². The minimum atomic E-state index is -0.429. The molecule has 0 atom stereocenters. The van der Waals surface area contributed by atoms with E-state index in [-0.39, 0.29) is 0 Å². The average Bonchev–Trinajstić information content (AvgIpc) is 2.63. The number of carbonyl (C=O) groups excluding carboxylic acids is 1. The number of nitrogens with two attached hydrogens (primary N) is 1. The van der Waals surface area contributed by atoms with Crippen molar-refractivity contribution in [2.75, 3.05) is 27.2 Å². The Balaban J connectivity index is 1.83. The molecule has 0 fully saturated rings. The Morgan fingerprint density at radius 2 is 1.96 bits per heavy atom. The first-order chi connectivity index (χ1) is 12.1. The molecule has 0 unspecified atom stereocenters. The number of benzene rings is 2. The molecule has 2 aromatic rings. The van der Waals surface area contributed by atoms with Crippen LogP contribution in [0.5, 0.6) is 5.75 Å². The summed E-state index contributed by atoms with van der Waals surface area (Å²) in [4.78, 5) is 17.5. The number of aliphatic imine (C=N–C) groups is 1. The van der Waals surface area contributed by atoms with E-state index in [2.05, 4.69) is 10.3 Å². The molecule has 0 bridgehead atoms. The Bertz CT molecular complexity index is 716. The van der Waals surface area contributed by atoms with Crippen LogP contribution in [0.1, 0.15) is 15.9 Å². The Morgan fingerprint density at radius 3 is 2.64 bits per heavy atom. The zero-order valence-corrected chi connectivity index (χ0v) is 14.6. The van der Waals surface area contributed by atoms with Crippen LogP contribution in [0.2, 0.25) is 0 Å². The summed E-state index contributed by atoms with van der Waals surface area (Å²) in [5.41, 5.74) is 6.77. The smallest absolute Gasteiger partial charge is 0.248 e. The van der Waals surface area contributed by atoms with E-state index in [1.165, 1.54) is 0 Å². The van der Waals surface area contributed by atoms with Gasteiger partial charge in [0.2, 0.25) is 5.91 Å². The van der Waals surface area contributed by atoms with Gasteiger partial charge in [-0.3, -0.25) is 9.79 Å². The van der Waals surface area contributed by atoms with Crippen molar-refractivity contribution in [2.24, 2.45) is 10.7 Å². The molecule has 0 spiro atoms. The second kappa shape index (κ2) is 9.32. The lowest BCUT2D eigenvalue weighted by Crippen LogP contribution is -2.40. The summed E-state index contributed by atoms with van der Waals surface area (Å²) in [6.07, 6.45) is 0. The molecule has 6 heteroatoms. The van der Waals surface area contributed by atoms with Crippen molar-refractivity contribution in [1.29, 1.82) is 0 Å². The SMILES string of the molecule is CN=C(NCc1cccc(C(N)=O)c1)N(C)CCOc1ccccc1. The number of hydrogen-bond acceptors (Lipinski definition) is 3. The monoisotopic (exact) mass is 340 g/mol. The van der Waals surface area contributed by atoms with E-state index in [1.807, 2.05) is 54.4 Å². The second-order valence-electron chi connectivity index (χ2n) is 5.55. The molecule has 0 radical (unpaired) electrons. The van der Waals surface area contributed by atoms with Gasteiger partial charge in [0.15, 0.2) is 5.96 Å². The highest BCUT2D eigenvalue weighted by atomic mass is 16.5. The molecule has 0 heterocycles. The summed E-state index contributed by atoms with van der Waals surface area (Å²) in [6.45, 7) is 1.80. The molecular formula is C19H24N4O2. The van der Waals surface area contributed by atoms with E-state index in [4.69, 9.17) is 10.5 Å². The summed E-state index contributed by atoms with van der Waals surface area (Å²) in [6, 6.07) is 16.9. The number of para-hydroxylation sites is 1. The van der Waals surface area contributed by atoms with E-state index in [9.17, 15) is 4.79 Å². The average molecular weight is 340 g/mol. The number of hydrogen-bond donors (Lipinski definition) is 2. The van der Waals surface area contributed by atoms with Crippen LogP contribution in [0.4, 0.5) is 0 Å². The van der Waals surface area contributed by atoms with Gasteiger partial charge in [0, 0.05) is 26.2 Å². The number of nitrogens with one attached hydrogen (secondary N) is 1. The molecule has 0 aromatic heterocycles. The summed E-state index contributed by atoms with van der Waals surface area (Å²) in [7, 11) is 3.68. The van der Waals surface area contributed by atoms with Crippen LogP contribution in [0.3, 0.4) is 0 Å². The van der Waals surface area contributed by atoms with Gasteiger partial charge in [-0.25, -0.2) is 0 Å². The topological polar surface area (TPSA) is 79.9 Å². The van der Waals surface area contributed by atoms with Crippen molar-refractivity contribution in [2.45, 2.75) is 6.54 Å². The first-order valence-corrected chi connectivity index (χ1v) is 8.08. The van der Waals surface area contributed by atoms with Gasteiger partial charge in [0.1, 0.15) is 12.4 Å². The molecule has 3 N–H and O–H groups in total. The summed E-state index contributed by atoms with van der Waals surface area (Å²) >= 11 is 0. The largest absolute Gasteiger partial charge is 0.492 e. The van der Waals surface area contributed by atoms with Crippen LogP contribution in [0.25, 0.3) is 0 Å². The van der Waals surface area contributed by atoms with Gasteiger partial charge >= 0.3 is 0 Å². The van der Waals surface area contributed by atoms with Crippen LogP contribution in [-0.4, -0.2) is 44.0 Å². The Hall–Kier alpha value is -3.02. The molecular weight excluding hydrogens is 316 g/mol. The molecule has 6 nitrogen and oxygen atoms in total. The third kappa shape index (κ3) is 5.84. The van der Waals surface area contributed by atoms with Crippen LogP contribution < -0.4 is 15.8 Å². The molecule has 0 saturated heterocycles. The lowest BCUT2D eigenvalue weighted by Gasteiger charge is -2.22. The molecule has 2 rings (SSSR count). The van der Waals surface area contributed by atoms with Gasteiger partial charge in [0.25, 0.3) is 0 Å². The molecule has 1 amide bonds. The number of primary amides is 1. The highest BCUT2D eigenvalue weighted by Crippen LogP contribution is 2.08. The maximum atomic E-state index is 11.2. The van der Waals surface area contributed by atoms with Crippen LogP contribution in [0.15, 0.2) is 59.6 Å². The quantitative estimate of drug-likeness (QED) is 0.596. The van der Waals surface area contributed by atoms with Gasteiger partial charge < -0.3 is 20.7 Å². The number of carbonyl (C=O) groups is 1. The number of likely N-dealkylation sites (N-methyl/N-ethyl adjacent to an activating group) is 1. The zero-order valence-electron chi connectivity index (χ0n) is 14.6. The molecule has 132 valence electrons. The number of ether oxygens (including phenoxy) is 1. The molecule has 25 heavy (non-hydrogen) atoms. The van der Waals surface area contributed by atoms with Crippen molar-refractivity contribution in [3.8, 4) is 5.75 Å². The van der Waals surface area contributed by atoms with Crippen LogP contribution in [0, 0.1) is 0 Å². The minimum absolute atomic E-state index is 0.429. The van der Waals surface area contributed by atoms with E-state index < -0.39 is 5.91 Å². The number of amides is 1. The van der Waals surface area contributed by atoms with Crippen molar-refractivity contribution >= 4 is 11.9 Å². The molecule has 0 aliphatic heterocycles. The minimum Gasteiger partial charge on any atom is -0.492 e.